The van der Waals surface area contributed by atoms with Crippen LogP contribution in [0, 0.1) is 0 Å². The zero-order chi connectivity index (χ0) is 10.7. The number of hydrogen-bond donors (Lipinski definition) is 1. The van der Waals surface area contributed by atoms with E-state index in [-0.39, 0.29) is 0 Å². The van der Waals surface area contributed by atoms with Crippen LogP contribution in [0.3, 0.4) is 0 Å². The molecule has 0 bridgehead atoms. The van der Waals surface area contributed by atoms with Crippen LogP contribution in [0.4, 0.5) is 5.82 Å². The van der Waals surface area contributed by atoms with E-state index >= 15 is 0 Å². The molecule has 5 heteroatoms. The van der Waals surface area contributed by atoms with Crippen LogP contribution in [-0.4, -0.2) is 21.8 Å². The van der Waals surface area contributed by atoms with Crippen LogP contribution in [0.25, 0.3) is 0 Å². The van der Waals surface area contributed by atoms with E-state index < -0.39 is 0 Å². The monoisotopic (exact) mass is 266 g/mol. The number of hydrogen-bond acceptors (Lipinski definition) is 3. The van der Waals surface area contributed by atoms with Gasteiger partial charge >= 0.3 is 0 Å². The van der Waals surface area contributed by atoms with Gasteiger partial charge in [-0.2, -0.15) is 5.10 Å². The fourth-order valence-electron chi connectivity index (χ4n) is 1.39. The molecule has 0 saturated carbocycles. The first-order valence-electron chi connectivity index (χ1n) is 4.59. The molecule has 0 aliphatic heterocycles. The van der Waals surface area contributed by atoms with Crippen LogP contribution in [0.2, 0.25) is 0 Å². The van der Waals surface area contributed by atoms with Gasteiger partial charge in [0.15, 0.2) is 0 Å². The number of halogens is 1. The Hall–Kier alpha value is -1.36. The Kier molecular flexibility index (Phi) is 3.01. The standard InChI is InChI=1S/C10H11BrN4/c1-12-10-8(3-2-4-13-10)6-15-7-9(11)5-14-15/h2-5,7H,6H2,1H3,(H,12,13). The van der Waals surface area contributed by atoms with Crippen molar-refractivity contribution in [3.63, 3.8) is 0 Å². The van der Waals surface area contributed by atoms with E-state index in [2.05, 4.69) is 31.3 Å². The van der Waals surface area contributed by atoms with Gasteiger partial charge in [0.1, 0.15) is 5.82 Å². The van der Waals surface area contributed by atoms with Gasteiger partial charge in [0.05, 0.1) is 17.2 Å². The molecule has 0 spiro atoms. The first-order chi connectivity index (χ1) is 7.29. The average Bonchev–Trinajstić information content (AvgIpc) is 2.65. The van der Waals surface area contributed by atoms with Gasteiger partial charge in [0.25, 0.3) is 0 Å². The van der Waals surface area contributed by atoms with Gasteiger partial charge in [-0.25, -0.2) is 4.98 Å². The van der Waals surface area contributed by atoms with E-state index in [1.54, 1.807) is 12.4 Å². The van der Waals surface area contributed by atoms with Crippen molar-refractivity contribution in [2.24, 2.45) is 0 Å². The molecule has 2 rings (SSSR count). The normalized spacial score (nSPS) is 10.3. The fraction of sp³-hybridized carbons (Fsp3) is 0.200. The summed E-state index contributed by atoms with van der Waals surface area (Å²) < 4.78 is 2.85. The molecule has 0 fully saturated rings. The van der Waals surface area contributed by atoms with E-state index in [4.69, 9.17) is 0 Å². The lowest BCUT2D eigenvalue weighted by Gasteiger charge is -2.07. The van der Waals surface area contributed by atoms with E-state index in [0.717, 1.165) is 22.4 Å². The molecule has 0 atom stereocenters. The Morgan fingerprint density at radius 3 is 3.07 bits per heavy atom. The topological polar surface area (TPSA) is 42.7 Å². The van der Waals surface area contributed by atoms with Gasteiger partial charge in [0.2, 0.25) is 0 Å². The third-order valence-corrected chi connectivity index (χ3v) is 2.47. The molecule has 0 unspecified atom stereocenters. The van der Waals surface area contributed by atoms with Crippen LogP contribution in [-0.2, 0) is 6.54 Å². The van der Waals surface area contributed by atoms with Crippen LogP contribution in [0.1, 0.15) is 5.56 Å². The van der Waals surface area contributed by atoms with E-state index in [1.807, 2.05) is 30.1 Å². The van der Waals surface area contributed by atoms with Crippen LogP contribution in [0.5, 0.6) is 0 Å². The molecule has 4 nitrogen and oxygen atoms in total. The smallest absolute Gasteiger partial charge is 0.130 e. The summed E-state index contributed by atoms with van der Waals surface area (Å²) >= 11 is 3.37. The Morgan fingerprint density at radius 1 is 1.53 bits per heavy atom. The molecule has 2 aromatic heterocycles. The average molecular weight is 267 g/mol. The van der Waals surface area contributed by atoms with Crippen molar-refractivity contribution in [1.29, 1.82) is 0 Å². The minimum Gasteiger partial charge on any atom is -0.373 e. The number of rotatable bonds is 3. The van der Waals surface area contributed by atoms with Crippen molar-refractivity contribution in [1.82, 2.24) is 14.8 Å². The maximum absolute atomic E-state index is 4.24. The number of nitrogens with one attached hydrogen (secondary N) is 1. The van der Waals surface area contributed by atoms with Gasteiger partial charge < -0.3 is 5.32 Å². The summed E-state index contributed by atoms with van der Waals surface area (Å²) in [4.78, 5) is 4.24. The highest BCUT2D eigenvalue weighted by molar-refractivity contribution is 9.10. The fourth-order valence-corrected chi connectivity index (χ4v) is 1.72. The first-order valence-corrected chi connectivity index (χ1v) is 5.38. The summed E-state index contributed by atoms with van der Waals surface area (Å²) in [5.41, 5.74) is 1.12. The lowest BCUT2D eigenvalue weighted by atomic mass is 10.2. The minimum absolute atomic E-state index is 0.718. The summed E-state index contributed by atoms with van der Waals surface area (Å²) in [6.45, 7) is 0.718. The third-order valence-electron chi connectivity index (χ3n) is 2.06. The zero-order valence-electron chi connectivity index (χ0n) is 8.31. The molecule has 78 valence electrons. The third kappa shape index (κ3) is 2.36. The molecule has 1 N–H and O–H groups in total. The molecule has 0 aliphatic rings. The summed E-state index contributed by atoms with van der Waals surface area (Å²) in [5.74, 6) is 0.893. The maximum Gasteiger partial charge on any atom is 0.130 e. The number of anilines is 1. The maximum atomic E-state index is 4.24. The predicted octanol–water partition coefficient (Wildman–Crippen LogP) is 2.13. The first kappa shape index (κ1) is 10.2. The van der Waals surface area contributed by atoms with Crippen LogP contribution < -0.4 is 5.32 Å². The second-order valence-corrected chi connectivity index (χ2v) is 4.03. The molecular formula is C10H11BrN4. The highest BCUT2D eigenvalue weighted by atomic mass is 79.9. The van der Waals surface area contributed by atoms with Crippen molar-refractivity contribution < 1.29 is 0 Å². The lowest BCUT2D eigenvalue weighted by Crippen LogP contribution is -2.04. The Morgan fingerprint density at radius 2 is 2.40 bits per heavy atom. The summed E-state index contributed by atoms with van der Waals surface area (Å²) in [7, 11) is 1.87. The van der Waals surface area contributed by atoms with Crippen molar-refractivity contribution in [3.05, 3.63) is 40.8 Å². The van der Waals surface area contributed by atoms with Crippen LogP contribution >= 0.6 is 15.9 Å². The molecule has 0 aliphatic carbocycles. The highest BCUT2D eigenvalue weighted by Crippen LogP contribution is 2.13. The second-order valence-electron chi connectivity index (χ2n) is 3.12. The van der Waals surface area contributed by atoms with Crippen molar-refractivity contribution >= 4 is 21.7 Å². The quantitative estimate of drug-likeness (QED) is 0.926. The van der Waals surface area contributed by atoms with Crippen molar-refractivity contribution in [3.8, 4) is 0 Å². The molecule has 0 aromatic carbocycles. The molecule has 15 heavy (non-hydrogen) atoms. The number of aromatic nitrogens is 3. The minimum atomic E-state index is 0.718. The molecule has 0 radical (unpaired) electrons. The van der Waals surface area contributed by atoms with E-state index in [1.165, 1.54) is 0 Å². The SMILES string of the molecule is CNc1ncccc1Cn1cc(Br)cn1. The predicted molar refractivity (Wildman–Crippen MR) is 62.8 cm³/mol. The Bertz CT molecular complexity index is 452. The molecule has 0 saturated heterocycles. The Balaban J connectivity index is 2.23. The van der Waals surface area contributed by atoms with Gasteiger partial charge in [-0.1, -0.05) is 6.07 Å². The van der Waals surface area contributed by atoms with Gasteiger partial charge in [-0.15, -0.1) is 0 Å². The molecule has 2 heterocycles. The number of nitrogens with zero attached hydrogens (tertiary/aromatic N) is 3. The van der Waals surface area contributed by atoms with Gasteiger partial charge in [-0.3, -0.25) is 4.68 Å². The zero-order valence-corrected chi connectivity index (χ0v) is 9.90. The van der Waals surface area contributed by atoms with Gasteiger partial charge in [-0.05, 0) is 22.0 Å². The molecule has 2 aromatic rings. The number of pyridine rings is 1. The second kappa shape index (κ2) is 4.44. The van der Waals surface area contributed by atoms with Crippen LogP contribution in [0.15, 0.2) is 35.2 Å². The van der Waals surface area contributed by atoms with E-state index in [9.17, 15) is 0 Å². The largest absolute Gasteiger partial charge is 0.373 e. The van der Waals surface area contributed by atoms with Crippen molar-refractivity contribution in [2.45, 2.75) is 6.54 Å². The molecular weight excluding hydrogens is 256 g/mol. The highest BCUT2D eigenvalue weighted by Gasteiger charge is 2.02. The van der Waals surface area contributed by atoms with Crippen molar-refractivity contribution in [2.75, 3.05) is 12.4 Å². The summed E-state index contributed by atoms with van der Waals surface area (Å²) in [5, 5.41) is 7.26. The van der Waals surface area contributed by atoms with E-state index in [0.29, 0.717) is 0 Å². The molecule has 0 amide bonds. The van der Waals surface area contributed by atoms with Gasteiger partial charge in [0, 0.05) is 25.0 Å². The summed E-state index contributed by atoms with van der Waals surface area (Å²) in [6.07, 6.45) is 5.48. The Labute approximate surface area is 96.5 Å². The lowest BCUT2D eigenvalue weighted by molar-refractivity contribution is 0.686. The summed E-state index contributed by atoms with van der Waals surface area (Å²) in [6, 6.07) is 3.96.